The SMILES string of the molecule is CCN1CCN(c2ccc(NC(=O)c3ccc4c(c3)nc(C)n4-c3ccccc3)c(C)c2)CC1. The molecular formula is C28H31N5O. The molecule has 1 aromatic heterocycles. The molecule has 0 atom stereocenters. The molecule has 1 aliphatic rings. The number of fused-ring (bicyclic) bond motifs is 1. The van der Waals surface area contributed by atoms with Crippen molar-refractivity contribution in [1.82, 2.24) is 14.5 Å². The summed E-state index contributed by atoms with van der Waals surface area (Å²) >= 11 is 0. The second kappa shape index (κ2) is 9.31. The summed E-state index contributed by atoms with van der Waals surface area (Å²) < 4.78 is 2.11. The van der Waals surface area contributed by atoms with Crippen molar-refractivity contribution in [1.29, 1.82) is 0 Å². The third kappa shape index (κ3) is 4.29. The molecule has 0 unspecified atom stereocenters. The van der Waals surface area contributed by atoms with Crippen LogP contribution in [0.15, 0.2) is 66.7 Å². The van der Waals surface area contributed by atoms with E-state index in [1.165, 1.54) is 5.69 Å². The summed E-state index contributed by atoms with van der Waals surface area (Å²) in [4.78, 5) is 22.7. The van der Waals surface area contributed by atoms with Crippen molar-refractivity contribution in [2.45, 2.75) is 20.8 Å². The second-order valence-corrected chi connectivity index (χ2v) is 8.91. The van der Waals surface area contributed by atoms with Gasteiger partial charge >= 0.3 is 0 Å². The van der Waals surface area contributed by atoms with Gasteiger partial charge in [-0.25, -0.2) is 4.98 Å². The molecule has 174 valence electrons. The number of carbonyl (C=O) groups is 1. The molecule has 0 radical (unpaired) electrons. The molecule has 0 spiro atoms. The van der Waals surface area contributed by atoms with Gasteiger partial charge in [0.15, 0.2) is 0 Å². The van der Waals surface area contributed by atoms with Crippen molar-refractivity contribution in [2.24, 2.45) is 0 Å². The summed E-state index contributed by atoms with van der Waals surface area (Å²) in [7, 11) is 0. The molecule has 3 aromatic carbocycles. The van der Waals surface area contributed by atoms with E-state index in [4.69, 9.17) is 4.98 Å². The normalized spacial score (nSPS) is 14.5. The zero-order valence-corrected chi connectivity index (χ0v) is 20.1. The zero-order valence-electron chi connectivity index (χ0n) is 20.1. The maximum Gasteiger partial charge on any atom is 0.255 e. The first-order valence-electron chi connectivity index (χ1n) is 12.0. The van der Waals surface area contributed by atoms with Gasteiger partial charge in [0.25, 0.3) is 5.91 Å². The first-order valence-corrected chi connectivity index (χ1v) is 12.0. The number of piperazine rings is 1. The monoisotopic (exact) mass is 453 g/mol. The minimum atomic E-state index is -0.124. The van der Waals surface area contributed by atoms with Crippen LogP contribution in [0.3, 0.4) is 0 Å². The number of aryl methyl sites for hydroxylation is 2. The van der Waals surface area contributed by atoms with Crippen LogP contribution in [0.1, 0.15) is 28.7 Å². The third-order valence-corrected chi connectivity index (χ3v) is 6.74. The topological polar surface area (TPSA) is 53.4 Å². The number of nitrogens with zero attached hydrogens (tertiary/aromatic N) is 4. The van der Waals surface area contributed by atoms with E-state index in [9.17, 15) is 4.79 Å². The third-order valence-electron chi connectivity index (χ3n) is 6.74. The lowest BCUT2D eigenvalue weighted by atomic mass is 10.1. The molecule has 4 aromatic rings. The number of likely N-dealkylation sites (N-methyl/N-ethyl adjacent to an activating group) is 1. The molecule has 0 bridgehead atoms. The number of hydrogen-bond donors (Lipinski definition) is 1. The molecule has 0 aliphatic carbocycles. The fourth-order valence-electron chi connectivity index (χ4n) is 4.75. The molecule has 0 saturated carbocycles. The maximum absolute atomic E-state index is 13.1. The molecule has 5 rings (SSSR count). The van der Waals surface area contributed by atoms with Gasteiger partial charge in [-0.2, -0.15) is 0 Å². The fraction of sp³-hybridized carbons (Fsp3) is 0.286. The lowest BCUT2D eigenvalue weighted by Crippen LogP contribution is -2.46. The number of aromatic nitrogens is 2. The Bertz CT molecular complexity index is 1320. The number of amides is 1. The van der Waals surface area contributed by atoms with Crippen LogP contribution in [-0.4, -0.2) is 53.1 Å². The van der Waals surface area contributed by atoms with Crippen LogP contribution in [0.25, 0.3) is 16.7 Å². The van der Waals surface area contributed by atoms with E-state index in [0.29, 0.717) is 5.56 Å². The number of anilines is 2. The Morgan fingerprint density at radius 1 is 0.912 bits per heavy atom. The highest BCUT2D eigenvalue weighted by Gasteiger charge is 2.17. The van der Waals surface area contributed by atoms with Gasteiger partial charge in [0.05, 0.1) is 11.0 Å². The van der Waals surface area contributed by atoms with Gasteiger partial charge in [-0.3, -0.25) is 9.36 Å². The Morgan fingerprint density at radius 3 is 2.38 bits per heavy atom. The Labute approximate surface area is 200 Å². The van der Waals surface area contributed by atoms with Crippen LogP contribution in [0.2, 0.25) is 0 Å². The highest BCUT2D eigenvalue weighted by molar-refractivity contribution is 6.06. The maximum atomic E-state index is 13.1. The fourth-order valence-corrected chi connectivity index (χ4v) is 4.75. The quantitative estimate of drug-likeness (QED) is 0.460. The van der Waals surface area contributed by atoms with Crippen molar-refractivity contribution in [3.63, 3.8) is 0 Å². The predicted octanol–water partition coefficient (Wildman–Crippen LogP) is 5.04. The smallest absolute Gasteiger partial charge is 0.255 e. The van der Waals surface area contributed by atoms with E-state index in [0.717, 1.165) is 66.5 Å². The van der Waals surface area contributed by atoms with Crippen LogP contribution in [0, 0.1) is 13.8 Å². The average Bonchev–Trinajstić information content (AvgIpc) is 3.20. The Balaban J connectivity index is 1.34. The number of imidazole rings is 1. The summed E-state index contributed by atoms with van der Waals surface area (Å²) in [5.41, 5.74) is 6.59. The van der Waals surface area contributed by atoms with Crippen LogP contribution in [-0.2, 0) is 0 Å². The first-order chi connectivity index (χ1) is 16.5. The van der Waals surface area contributed by atoms with E-state index in [2.05, 4.69) is 57.8 Å². The summed E-state index contributed by atoms with van der Waals surface area (Å²) in [5.74, 6) is 0.770. The first kappa shape index (κ1) is 22.2. The van der Waals surface area contributed by atoms with Crippen molar-refractivity contribution < 1.29 is 4.79 Å². The molecule has 34 heavy (non-hydrogen) atoms. The Kier molecular flexibility index (Phi) is 6.07. The number of para-hydroxylation sites is 1. The molecule has 1 amide bonds. The summed E-state index contributed by atoms with van der Waals surface area (Å²) in [6.45, 7) is 11.6. The number of benzene rings is 3. The van der Waals surface area contributed by atoms with Crippen molar-refractivity contribution in [2.75, 3.05) is 42.9 Å². The van der Waals surface area contributed by atoms with E-state index in [1.54, 1.807) is 0 Å². The van der Waals surface area contributed by atoms with Crippen LogP contribution in [0.4, 0.5) is 11.4 Å². The van der Waals surface area contributed by atoms with Gasteiger partial charge < -0.3 is 15.1 Å². The van der Waals surface area contributed by atoms with Crippen LogP contribution < -0.4 is 10.2 Å². The molecule has 1 aliphatic heterocycles. The summed E-state index contributed by atoms with van der Waals surface area (Å²) in [6, 6.07) is 22.2. The van der Waals surface area contributed by atoms with Crippen molar-refractivity contribution >= 4 is 28.3 Å². The summed E-state index contributed by atoms with van der Waals surface area (Å²) in [5, 5.41) is 3.09. The van der Waals surface area contributed by atoms with Gasteiger partial charge in [0.1, 0.15) is 5.82 Å². The number of hydrogen-bond acceptors (Lipinski definition) is 4. The lowest BCUT2D eigenvalue weighted by Gasteiger charge is -2.35. The largest absolute Gasteiger partial charge is 0.369 e. The molecule has 1 fully saturated rings. The van der Waals surface area contributed by atoms with E-state index in [-0.39, 0.29) is 5.91 Å². The number of rotatable bonds is 5. The Hall–Kier alpha value is -3.64. The zero-order chi connectivity index (χ0) is 23.7. The van der Waals surface area contributed by atoms with Crippen LogP contribution in [0.5, 0.6) is 0 Å². The highest BCUT2D eigenvalue weighted by atomic mass is 16.1. The number of nitrogens with one attached hydrogen (secondary N) is 1. The molecular weight excluding hydrogens is 422 g/mol. The minimum Gasteiger partial charge on any atom is -0.369 e. The lowest BCUT2D eigenvalue weighted by molar-refractivity contribution is 0.102. The second-order valence-electron chi connectivity index (χ2n) is 8.91. The Morgan fingerprint density at radius 2 is 1.68 bits per heavy atom. The van der Waals surface area contributed by atoms with Gasteiger partial charge in [-0.15, -0.1) is 0 Å². The molecule has 6 heteroatoms. The van der Waals surface area contributed by atoms with Crippen molar-refractivity contribution in [3.05, 3.63) is 83.7 Å². The van der Waals surface area contributed by atoms with Crippen LogP contribution >= 0.6 is 0 Å². The minimum absolute atomic E-state index is 0.124. The van der Waals surface area contributed by atoms with Gasteiger partial charge in [0, 0.05) is 48.8 Å². The van der Waals surface area contributed by atoms with E-state index < -0.39 is 0 Å². The van der Waals surface area contributed by atoms with E-state index in [1.807, 2.05) is 49.4 Å². The van der Waals surface area contributed by atoms with Crippen molar-refractivity contribution in [3.8, 4) is 5.69 Å². The van der Waals surface area contributed by atoms with Gasteiger partial charge in [-0.05, 0) is 74.5 Å². The van der Waals surface area contributed by atoms with Gasteiger partial charge in [-0.1, -0.05) is 25.1 Å². The predicted molar refractivity (Wildman–Crippen MR) is 139 cm³/mol. The standard InChI is InChI=1S/C28H31N5O/c1-4-31-14-16-32(17-15-31)24-11-12-25(20(2)18-24)30-28(34)22-10-13-27-26(19-22)29-21(3)33(27)23-8-6-5-7-9-23/h5-13,18-19H,4,14-17H2,1-3H3,(H,30,34). The molecule has 6 nitrogen and oxygen atoms in total. The molecule has 1 saturated heterocycles. The van der Waals surface area contributed by atoms with Gasteiger partial charge in [0.2, 0.25) is 0 Å². The van der Waals surface area contributed by atoms with E-state index >= 15 is 0 Å². The molecule has 2 heterocycles. The summed E-state index contributed by atoms with van der Waals surface area (Å²) in [6.07, 6.45) is 0. The highest BCUT2D eigenvalue weighted by Crippen LogP contribution is 2.26. The average molecular weight is 454 g/mol. The number of carbonyl (C=O) groups excluding carboxylic acids is 1. The molecule has 1 N–H and O–H groups in total.